The van der Waals surface area contributed by atoms with Crippen LogP contribution in [0, 0.1) is 0 Å². The van der Waals surface area contributed by atoms with Crippen molar-refractivity contribution in [2.24, 2.45) is 0 Å². The summed E-state index contributed by atoms with van der Waals surface area (Å²) in [7, 11) is 0. The van der Waals surface area contributed by atoms with E-state index in [-0.39, 0.29) is 12.4 Å². The van der Waals surface area contributed by atoms with E-state index in [9.17, 15) is 10.2 Å². The van der Waals surface area contributed by atoms with Crippen LogP contribution < -0.4 is 5.32 Å². The number of rotatable bonds is 5. The smallest absolute Gasteiger partial charge is 0.121 e. The van der Waals surface area contributed by atoms with Crippen LogP contribution in [0.4, 0.5) is 0 Å². The van der Waals surface area contributed by atoms with Crippen LogP contribution in [-0.4, -0.2) is 28.4 Å². The van der Waals surface area contributed by atoms with Gasteiger partial charge in [-0.15, -0.1) is 0 Å². The van der Waals surface area contributed by atoms with E-state index in [4.69, 9.17) is 5.11 Å². The Kier molecular flexibility index (Phi) is 4.55. The SMILES string of the molecule is CCNCC(O)c1ccc(O)c(CO)c1. The first-order chi connectivity index (χ1) is 7.19. The molecule has 0 heterocycles. The number of benzene rings is 1. The Hall–Kier alpha value is -1.10. The van der Waals surface area contributed by atoms with Gasteiger partial charge in [-0.25, -0.2) is 0 Å². The molecule has 15 heavy (non-hydrogen) atoms. The van der Waals surface area contributed by atoms with Crippen molar-refractivity contribution in [1.29, 1.82) is 0 Å². The van der Waals surface area contributed by atoms with Crippen molar-refractivity contribution in [3.05, 3.63) is 29.3 Å². The number of aliphatic hydroxyl groups excluding tert-OH is 2. The summed E-state index contributed by atoms with van der Waals surface area (Å²) < 4.78 is 0. The molecule has 0 aliphatic carbocycles. The van der Waals surface area contributed by atoms with Crippen molar-refractivity contribution in [1.82, 2.24) is 5.32 Å². The standard InChI is InChI=1S/C11H17NO3/c1-2-12-6-11(15)8-3-4-10(14)9(5-8)7-13/h3-5,11-15H,2,6-7H2,1H3. The van der Waals surface area contributed by atoms with Gasteiger partial charge in [-0.3, -0.25) is 0 Å². The van der Waals surface area contributed by atoms with Crippen LogP contribution in [-0.2, 0) is 6.61 Å². The molecule has 1 rings (SSSR count). The van der Waals surface area contributed by atoms with Crippen molar-refractivity contribution in [3.8, 4) is 5.75 Å². The largest absolute Gasteiger partial charge is 0.508 e. The maximum absolute atomic E-state index is 9.74. The van der Waals surface area contributed by atoms with Gasteiger partial charge in [0.15, 0.2) is 0 Å². The number of hydrogen-bond acceptors (Lipinski definition) is 4. The van der Waals surface area contributed by atoms with Gasteiger partial charge in [0.1, 0.15) is 5.75 Å². The zero-order chi connectivity index (χ0) is 11.3. The van der Waals surface area contributed by atoms with Gasteiger partial charge in [0, 0.05) is 12.1 Å². The van der Waals surface area contributed by atoms with Crippen LogP contribution >= 0.6 is 0 Å². The number of aliphatic hydroxyl groups is 2. The molecule has 0 aliphatic rings. The van der Waals surface area contributed by atoms with E-state index < -0.39 is 6.10 Å². The van der Waals surface area contributed by atoms with Gasteiger partial charge in [0.2, 0.25) is 0 Å². The monoisotopic (exact) mass is 211 g/mol. The van der Waals surface area contributed by atoms with Crippen molar-refractivity contribution >= 4 is 0 Å². The number of hydrogen-bond donors (Lipinski definition) is 4. The molecule has 1 aromatic rings. The molecule has 0 saturated heterocycles. The first-order valence-electron chi connectivity index (χ1n) is 5.00. The molecule has 0 aliphatic heterocycles. The highest BCUT2D eigenvalue weighted by Crippen LogP contribution is 2.22. The van der Waals surface area contributed by atoms with Crippen LogP contribution in [0.15, 0.2) is 18.2 Å². The number of aromatic hydroxyl groups is 1. The molecule has 0 aromatic heterocycles. The van der Waals surface area contributed by atoms with E-state index in [1.54, 1.807) is 12.1 Å². The highest BCUT2D eigenvalue weighted by molar-refractivity contribution is 5.36. The molecular weight excluding hydrogens is 194 g/mol. The Morgan fingerprint density at radius 1 is 1.40 bits per heavy atom. The predicted molar refractivity (Wildman–Crippen MR) is 57.5 cm³/mol. The van der Waals surface area contributed by atoms with Crippen molar-refractivity contribution in [2.75, 3.05) is 13.1 Å². The molecule has 4 N–H and O–H groups in total. The van der Waals surface area contributed by atoms with Gasteiger partial charge in [-0.05, 0) is 24.2 Å². The second kappa shape index (κ2) is 5.70. The van der Waals surface area contributed by atoms with Gasteiger partial charge < -0.3 is 20.6 Å². The number of nitrogens with one attached hydrogen (secondary N) is 1. The average Bonchev–Trinajstić information content (AvgIpc) is 2.26. The Morgan fingerprint density at radius 3 is 2.73 bits per heavy atom. The first kappa shape index (κ1) is 12.0. The minimum atomic E-state index is -0.615. The highest BCUT2D eigenvalue weighted by Gasteiger charge is 2.09. The Morgan fingerprint density at radius 2 is 2.13 bits per heavy atom. The van der Waals surface area contributed by atoms with Crippen LogP contribution in [0.25, 0.3) is 0 Å². The topological polar surface area (TPSA) is 72.7 Å². The van der Waals surface area contributed by atoms with Gasteiger partial charge in [-0.2, -0.15) is 0 Å². The lowest BCUT2D eigenvalue weighted by Gasteiger charge is -2.12. The summed E-state index contributed by atoms with van der Waals surface area (Å²) in [4.78, 5) is 0. The lowest BCUT2D eigenvalue weighted by Crippen LogP contribution is -2.20. The zero-order valence-electron chi connectivity index (χ0n) is 8.77. The van der Waals surface area contributed by atoms with E-state index in [1.807, 2.05) is 6.92 Å². The second-order valence-corrected chi connectivity index (χ2v) is 3.37. The molecule has 0 spiro atoms. The zero-order valence-corrected chi connectivity index (χ0v) is 8.77. The van der Waals surface area contributed by atoms with Gasteiger partial charge in [0.25, 0.3) is 0 Å². The molecule has 4 heteroatoms. The lowest BCUT2D eigenvalue weighted by molar-refractivity contribution is 0.175. The minimum Gasteiger partial charge on any atom is -0.508 e. The van der Waals surface area contributed by atoms with Gasteiger partial charge >= 0.3 is 0 Å². The van der Waals surface area contributed by atoms with Crippen molar-refractivity contribution in [2.45, 2.75) is 19.6 Å². The fraction of sp³-hybridized carbons (Fsp3) is 0.455. The van der Waals surface area contributed by atoms with Crippen LogP contribution in [0.5, 0.6) is 5.75 Å². The van der Waals surface area contributed by atoms with E-state index in [1.165, 1.54) is 6.07 Å². The summed E-state index contributed by atoms with van der Waals surface area (Å²) in [5.41, 5.74) is 1.13. The lowest BCUT2D eigenvalue weighted by atomic mass is 10.1. The summed E-state index contributed by atoms with van der Waals surface area (Å²) in [6.45, 7) is 2.99. The van der Waals surface area contributed by atoms with Gasteiger partial charge in [-0.1, -0.05) is 13.0 Å². The van der Waals surface area contributed by atoms with Crippen LogP contribution in [0.2, 0.25) is 0 Å². The quantitative estimate of drug-likeness (QED) is 0.573. The molecule has 84 valence electrons. The van der Waals surface area contributed by atoms with E-state index >= 15 is 0 Å². The van der Waals surface area contributed by atoms with Crippen molar-refractivity contribution < 1.29 is 15.3 Å². The first-order valence-corrected chi connectivity index (χ1v) is 5.00. The third-order valence-corrected chi connectivity index (χ3v) is 2.25. The van der Waals surface area contributed by atoms with E-state index in [2.05, 4.69) is 5.32 Å². The molecule has 1 atom stereocenters. The normalized spacial score (nSPS) is 12.7. The van der Waals surface area contributed by atoms with E-state index in [0.29, 0.717) is 17.7 Å². The summed E-state index contributed by atoms with van der Waals surface area (Å²) in [5.74, 6) is 0.0527. The second-order valence-electron chi connectivity index (χ2n) is 3.37. The minimum absolute atomic E-state index is 0.0527. The molecule has 0 saturated carbocycles. The third-order valence-electron chi connectivity index (χ3n) is 2.25. The van der Waals surface area contributed by atoms with Crippen LogP contribution in [0.3, 0.4) is 0 Å². The maximum atomic E-state index is 9.74. The predicted octanol–water partition coefficient (Wildman–Crippen LogP) is 0.527. The van der Waals surface area contributed by atoms with Crippen molar-refractivity contribution in [3.63, 3.8) is 0 Å². The Balaban J connectivity index is 2.76. The summed E-state index contributed by atoms with van der Waals surface area (Å²) in [5, 5.41) is 31.0. The highest BCUT2D eigenvalue weighted by atomic mass is 16.3. The van der Waals surface area contributed by atoms with Crippen LogP contribution in [0.1, 0.15) is 24.2 Å². The summed E-state index contributed by atoms with van der Waals surface area (Å²) in [6.07, 6.45) is -0.615. The molecule has 1 unspecified atom stereocenters. The molecule has 0 fully saturated rings. The number of likely N-dealkylation sites (N-methyl/N-ethyl adjacent to an activating group) is 1. The Labute approximate surface area is 89.2 Å². The summed E-state index contributed by atoms with van der Waals surface area (Å²) in [6, 6.07) is 4.74. The fourth-order valence-corrected chi connectivity index (χ4v) is 1.34. The molecular formula is C11H17NO3. The average molecular weight is 211 g/mol. The summed E-state index contributed by atoms with van der Waals surface area (Å²) >= 11 is 0. The molecule has 1 aromatic carbocycles. The Bertz CT molecular complexity index is 315. The molecule has 0 amide bonds. The van der Waals surface area contributed by atoms with E-state index in [0.717, 1.165) is 6.54 Å². The molecule has 0 bridgehead atoms. The maximum Gasteiger partial charge on any atom is 0.121 e. The van der Waals surface area contributed by atoms with Gasteiger partial charge in [0.05, 0.1) is 12.7 Å². The third kappa shape index (κ3) is 3.20. The fourth-order valence-electron chi connectivity index (χ4n) is 1.34. The number of phenols is 1. The molecule has 4 nitrogen and oxygen atoms in total. The molecule has 0 radical (unpaired) electrons.